The molecule has 0 aromatic heterocycles. The van der Waals surface area contributed by atoms with E-state index in [2.05, 4.69) is 33.8 Å². The van der Waals surface area contributed by atoms with E-state index in [1.807, 2.05) is 42.5 Å². The summed E-state index contributed by atoms with van der Waals surface area (Å²) < 4.78 is 8.02. The maximum Gasteiger partial charge on any atom is 0.284 e. The van der Waals surface area contributed by atoms with Gasteiger partial charge in [-0.05, 0) is 37.0 Å². The van der Waals surface area contributed by atoms with E-state index in [-0.39, 0.29) is 5.56 Å². The Morgan fingerprint density at radius 2 is 1.78 bits per heavy atom. The molecule has 0 radical (unpaired) electrons. The molecule has 2 aromatic carbocycles. The number of aromatic nitrogens is 4. The second-order valence-electron chi connectivity index (χ2n) is 8.46. The molecule has 1 fully saturated rings. The minimum atomic E-state index is -0.241. The largest absolute Gasteiger partial charge is 0.493 e. The molecule has 6 heteroatoms. The number of benzene rings is 2. The predicted octanol–water partition coefficient (Wildman–Crippen LogP) is 5.23. The molecule has 3 aliphatic rings. The molecule has 0 unspecified atom stereocenters. The van der Waals surface area contributed by atoms with Crippen LogP contribution in [0, 0.1) is 0 Å². The first-order valence-corrected chi connectivity index (χ1v) is 11.5. The van der Waals surface area contributed by atoms with Crippen LogP contribution in [0.1, 0.15) is 56.3 Å². The van der Waals surface area contributed by atoms with Crippen LogP contribution in [0.3, 0.4) is 0 Å². The SMILES string of the molecule is CCCOc1ccccc1-c1nc2n(C3CCCC3)[nH]c(Cc3ccccc3)c-2c(=O)n1. The highest BCUT2D eigenvalue weighted by atomic mass is 16.5. The lowest BCUT2D eigenvalue weighted by molar-refractivity contribution is 0.318. The summed E-state index contributed by atoms with van der Waals surface area (Å²) in [6, 6.07) is 18.2. The van der Waals surface area contributed by atoms with E-state index in [1.54, 1.807) is 0 Å². The summed E-state index contributed by atoms with van der Waals surface area (Å²) >= 11 is 0. The van der Waals surface area contributed by atoms with E-state index in [1.165, 1.54) is 12.8 Å². The van der Waals surface area contributed by atoms with Crippen molar-refractivity contribution < 1.29 is 4.74 Å². The van der Waals surface area contributed by atoms with E-state index < -0.39 is 0 Å². The fourth-order valence-corrected chi connectivity index (χ4v) is 4.59. The zero-order chi connectivity index (χ0) is 21.9. The number of nitrogens with one attached hydrogen (secondary N) is 1. The van der Waals surface area contributed by atoms with Crippen molar-refractivity contribution in [1.82, 2.24) is 19.7 Å². The summed E-state index contributed by atoms with van der Waals surface area (Å²) in [7, 11) is 0. The van der Waals surface area contributed by atoms with Crippen LogP contribution in [0.15, 0.2) is 59.4 Å². The fraction of sp³-hybridized carbons (Fsp3) is 0.346. The molecule has 6 nitrogen and oxygen atoms in total. The molecule has 0 bridgehead atoms. The number of rotatable bonds is 7. The summed E-state index contributed by atoms with van der Waals surface area (Å²) in [5, 5.41) is 3.53. The van der Waals surface area contributed by atoms with Gasteiger partial charge in [0.05, 0.1) is 23.9 Å². The highest BCUT2D eigenvalue weighted by Gasteiger charge is 2.28. The van der Waals surface area contributed by atoms with Gasteiger partial charge in [-0.3, -0.25) is 14.6 Å². The van der Waals surface area contributed by atoms with Gasteiger partial charge in [0.25, 0.3) is 5.56 Å². The number of nitrogens with zero attached hydrogens (tertiary/aromatic N) is 3. The van der Waals surface area contributed by atoms with E-state index >= 15 is 0 Å². The summed E-state index contributed by atoms with van der Waals surface area (Å²) in [6.45, 7) is 2.68. The number of fused-ring (bicyclic) bond motifs is 1. The van der Waals surface area contributed by atoms with Crippen LogP contribution in [0.2, 0.25) is 0 Å². The van der Waals surface area contributed by atoms with Crippen LogP contribution < -0.4 is 10.3 Å². The van der Waals surface area contributed by atoms with Gasteiger partial charge in [-0.1, -0.05) is 62.2 Å². The summed E-state index contributed by atoms with van der Waals surface area (Å²) in [5.74, 6) is 1.83. The molecule has 0 spiro atoms. The van der Waals surface area contributed by atoms with Gasteiger partial charge in [-0.2, -0.15) is 4.98 Å². The van der Waals surface area contributed by atoms with Gasteiger partial charge < -0.3 is 4.74 Å². The summed E-state index contributed by atoms with van der Waals surface area (Å²) in [6.07, 6.45) is 6.13. The van der Waals surface area contributed by atoms with Gasteiger partial charge in [-0.15, -0.1) is 0 Å². The Labute approximate surface area is 187 Å². The molecule has 0 atom stereocenters. The Hall–Kier alpha value is -3.41. The molecule has 0 saturated heterocycles. The Kier molecular flexibility index (Phi) is 5.75. The molecule has 2 aliphatic heterocycles. The lowest BCUT2D eigenvalue weighted by Gasteiger charge is -2.14. The van der Waals surface area contributed by atoms with Crippen LogP contribution >= 0.6 is 0 Å². The van der Waals surface area contributed by atoms with Crippen LogP contribution in [-0.2, 0) is 6.42 Å². The average molecular weight is 429 g/mol. The third kappa shape index (κ3) is 3.93. The lowest BCUT2D eigenvalue weighted by atomic mass is 10.1. The number of aromatic amines is 1. The first kappa shape index (κ1) is 20.5. The molecule has 2 heterocycles. The van der Waals surface area contributed by atoms with Crippen LogP contribution in [0.4, 0.5) is 0 Å². The normalized spacial score (nSPS) is 14.3. The van der Waals surface area contributed by atoms with Gasteiger partial charge >= 0.3 is 0 Å². The third-order valence-electron chi connectivity index (χ3n) is 6.15. The van der Waals surface area contributed by atoms with Crippen molar-refractivity contribution in [1.29, 1.82) is 0 Å². The van der Waals surface area contributed by atoms with Crippen molar-refractivity contribution >= 4 is 0 Å². The van der Waals surface area contributed by atoms with Gasteiger partial charge in [-0.25, -0.2) is 4.98 Å². The zero-order valence-corrected chi connectivity index (χ0v) is 18.4. The van der Waals surface area contributed by atoms with Crippen molar-refractivity contribution in [2.45, 2.75) is 51.5 Å². The molecular weight excluding hydrogens is 400 g/mol. The number of H-pyrrole nitrogens is 1. The Bertz CT molecular complexity index is 1220. The second-order valence-corrected chi connectivity index (χ2v) is 8.46. The molecule has 2 aromatic rings. The van der Waals surface area contributed by atoms with Crippen molar-refractivity contribution in [3.63, 3.8) is 0 Å². The van der Waals surface area contributed by atoms with E-state index in [0.29, 0.717) is 42.0 Å². The number of hydrogen-bond acceptors (Lipinski definition) is 4. The number of hydrogen-bond donors (Lipinski definition) is 1. The van der Waals surface area contributed by atoms with Crippen molar-refractivity contribution in [3.8, 4) is 28.5 Å². The van der Waals surface area contributed by atoms with Gasteiger partial charge in [0.15, 0.2) is 11.6 Å². The smallest absolute Gasteiger partial charge is 0.284 e. The Balaban J connectivity index is 1.64. The van der Waals surface area contributed by atoms with E-state index in [4.69, 9.17) is 9.72 Å². The monoisotopic (exact) mass is 428 g/mol. The van der Waals surface area contributed by atoms with Crippen LogP contribution in [-0.4, -0.2) is 26.4 Å². The van der Waals surface area contributed by atoms with E-state index in [9.17, 15) is 4.79 Å². The van der Waals surface area contributed by atoms with Gasteiger partial charge in [0.1, 0.15) is 11.3 Å². The lowest BCUT2D eigenvalue weighted by Crippen LogP contribution is -2.17. The molecule has 32 heavy (non-hydrogen) atoms. The minimum Gasteiger partial charge on any atom is -0.493 e. The van der Waals surface area contributed by atoms with Crippen molar-refractivity contribution in [3.05, 3.63) is 76.2 Å². The van der Waals surface area contributed by atoms with Crippen molar-refractivity contribution in [2.24, 2.45) is 0 Å². The number of ether oxygens (including phenoxy) is 1. The minimum absolute atomic E-state index is 0.241. The Morgan fingerprint density at radius 3 is 2.56 bits per heavy atom. The molecule has 5 rings (SSSR count). The maximum atomic E-state index is 13.3. The van der Waals surface area contributed by atoms with Crippen LogP contribution in [0.5, 0.6) is 5.75 Å². The first-order chi connectivity index (χ1) is 15.7. The molecule has 0 amide bonds. The Morgan fingerprint density at radius 1 is 1.03 bits per heavy atom. The highest BCUT2D eigenvalue weighted by Crippen LogP contribution is 2.35. The van der Waals surface area contributed by atoms with E-state index in [0.717, 1.165) is 36.1 Å². The van der Waals surface area contributed by atoms with Crippen molar-refractivity contribution in [2.75, 3.05) is 6.61 Å². The predicted molar refractivity (Wildman–Crippen MR) is 125 cm³/mol. The van der Waals surface area contributed by atoms with Crippen LogP contribution in [0.25, 0.3) is 22.8 Å². The summed E-state index contributed by atoms with van der Waals surface area (Å²) in [4.78, 5) is 22.6. The topological polar surface area (TPSA) is 72.8 Å². The molecule has 164 valence electrons. The molecule has 1 aliphatic carbocycles. The van der Waals surface area contributed by atoms with Gasteiger partial charge in [0.2, 0.25) is 0 Å². The molecule has 1 N–H and O–H groups in total. The number of para-hydroxylation sites is 1. The average Bonchev–Trinajstić information content (AvgIpc) is 3.47. The third-order valence-corrected chi connectivity index (χ3v) is 6.15. The zero-order valence-electron chi connectivity index (χ0n) is 18.4. The maximum absolute atomic E-state index is 13.3. The summed E-state index contributed by atoms with van der Waals surface area (Å²) in [5.41, 5.74) is 3.13. The van der Waals surface area contributed by atoms with Gasteiger partial charge in [0, 0.05) is 6.42 Å². The first-order valence-electron chi connectivity index (χ1n) is 11.5. The molecule has 1 saturated carbocycles. The quantitative estimate of drug-likeness (QED) is 0.437. The fourth-order valence-electron chi connectivity index (χ4n) is 4.59. The second kappa shape index (κ2) is 8.99. The highest BCUT2D eigenvalue weighted by molar-refractivity contribution is 5.69. The molecular formula is C26H28N4O2. The standard InChI is InChI=1S/C26H28N4O2/c1-2-16-32-22-15-9-8-14-20(22)24-27-25-23(26(31)28-24)21(17-18-10-4-3-5-11-18)29-30(25)19-12-6-7-13-19/h3-5,8-11,14-15,19,29H,2,6-7,12-13,16-17H2,1H3.